The van der Waals surface area contributed by atoms with Gasteiger partial charge in [0.2, 0.25) is 0 Å². The first-order valence-electron chi connectivity index (χ1n) is 6.47. The summed E-state index contributed by atoms with van der Waals surface area (Å²) in [6.45, 7) is 5.80. The minimum atomic E-state index is -0.0168. The van der Waals surface area contributed by atoms with Crippen molar-refractivity contribution in [2.45, 2.75) is 20.8 Å². The summed E-state index contributed by atoms with van der Waals surface area (Å²) < 4.78 is 5.69. The van der Waals surface area contributed by atoms with Crippen LogP contribution in [0.3, 0.4) is 0 Å². The van der Waals surface area contributed by atoms with E-state index in [2.05, 4.69) is 0 Å². The van der Waals surface area contributed by atoms with E-state index in [1.807, 2.05) is 57.2 Å². The molecule has 0 N–H and O–H groups in total. The number of carbonyl (C=O) groups excluding carboxylic acids is 1. The third kappa shape index (κ3) is 3.20. The molecule has 0 radical (unpaired) electrons. The molecule has 2 aromatic carbocycles. The zero-order valence-corrected chi connectivity index (χ0v) is 12.6. The normalized spacial score (nSPS) is 10.4. The Kier molecular flexibility index (Phi) is 4.46. The molecule has 0 saturated carbocycles. The summed E-state index contributed by atoms with van der Waals surface area (Å²) in [6, 6.07) is 11.2. The number of hydrogen-bond acceptors (Lipinski definition) is 2. The molecule has 0 amide bonds. The van der Waals surface area contributed by atoms with E-state index in [9.17, 15) is 4.79 Å². The predicted octanol–water partition coefficient (Wildman–Crippen LogP) is 4.53. The van der Waals surface area contributed by atoms with Gasteiger partial charge in [0.15, 0.2) is 12.4 Å². The van der Waals surface area contributed by atoms with Gasteiger partial charge in [0.05, 0.1) is 0 Å². The zero-order chi connectivity index (χ0) is 14.7. The van der Waals surface area contributed by atoms with Crippen molar-refractivity contribution in [3.05, 3.63) is 63.7 Å². The van der Waals surface area contributed by atoms with Gasteiger partial charge in [-0.25, -0.2) is 0 Å². The molecule has 3 heteroatoms. The Hall–Kier alpha value is -1.80. The van der Waals surface area contributed by atoms with Crippen LogP contribution in [-0.4, -0.2) is 12.4 Å². The molecule has 0 aliphatic heterocycles. The number of ether oxygens (including phenoxy) is 1. The lowest BCUT2D eigenvalue weighted by Gasteiger charge is -2.12. The van der Waals surface area contributed by atoms with Crippen LogP contribution < -0.4 is 4.74 Å². The van der Waals surface area contributed by atoms with Crippen LogP contribution in [0.4, 0.5) is 0 Å². The summed E-state index contributed by atoms with van der Waals surface area (Å²) >= 11 is 5.98. The van der Waals surface area contributed by atoms with Gasteiger partial charge in [-0.2, -0.15) is 0 Å². The van der Waals surface area contributed by atoms with Gasteiger partial charge in [0, 0.05) is 10.6 Å². The van der Waals surface area contributed by atoms with Gasteiger partial charge < -0.3 is 4.74 Å². The van der Waals surface area contributed by atoms with E-state index in [1.165, 1.54) is 0 Å². The first kappa shape index (κ1) is 14.6. The van der Waals surface area contributed by atoms with Gasteiger partial charge in [-0.3, -0.25) is 4.79 Å². The number of rotatable bonds is 4. The lowest BCUT2D eigenvalue weighted by molar-refractivity contribution is 0.0920. The first-order valence-corrected chi connectivity index (χ1v) is 6.85. The van der Waals surface area contributed by atoms with Crippen molar-refractivity contribution in [2.24, 2.45) is 0 Å². The Morgan fingerprint density at radius 2 is 1.65 bits per heavy atom. The highest BCUT2D eigenvalue weighted by Crippen LogP contribution is 2.27. The second-order valence-electron chi connectivity index (χ2n) is 4.90. The largest absolute Gasteiger partial charge is 0.485 e. The van der Waals surface area contributed by atoms with Crippen LogP contribution in [-0.2, 0) is 0 Å². The summed E-state index contributed by atoms with van der Waals surface area (Å²) in [7, 11) is 0. The molecule has 0 atom stereocenters. The number of halogens is 1. The molecule has 2 nitrogen and oxygen atoms in total. The van der Waals surface area contributed by atoms with Crippen molar-refractivity contribution in [3.63, 3.8) is 0 Å². The fourth-order valence-corrected chi connectivity index (χ4v) is 2.55. The molecule has 0 bridgehead atoms. The summed E-state index contributed by atoms with van der Waals surface area (Å²) in [5.41, 5.74) is 3.54. The number of ketones is 1. The van der Waals surface area contributed by atoms with Crippen LogP contribution in [0.25, 0.3) is 0 Å². The fourth-order valence-electron chi connectivity index (χ4n) is 2.23. The molecule has 0 spiro atoms. The zero-order valence-electron chi connectivity index (χ0n) is 11.9. The molecule has 0 heterocycles. The summed E-state index contributed by atoms with van der Waals surface area (Å²) in [6.07, 6.45) is 0. The Bertz CT molecular complexity index is 624. The van der Waals surface area contributed by atoms with Crippen LogP contribution in [0.1, 0.15) is 27.0 Å². The summed E-state index contributed by atoms with van der Waals surface area (Å²) in [5.74, 6) is 0.716. The van der Waals surface area contributed by atoms with E-state index in [0.717, 1.165) is 22.4 Å². The van der Waals surface area contributed by atoms with Gasteiger partial charge in [-0.15, -0.1) is 0 Å². The fraction of sp³-hybridized carbons (Fsp3) is 0.235. The van der Waals surface area contributed by atoms with Crippen molar-refractivity contribution in [3.8, 4) is 5.75 Å². The molecule has 0 unspecified atom stereocenters. The Labute approximate surface area is 124 Å². The maximum atomic E-state index is 12.2. The molecule has 0 aromatic heterocycles. The van der Waals surface area contributed by atoms with Gasteiger partial charge in [-0.1, -0.05) is 35.9 Å². The van der Waals surface area contributed by atoms with Crippen LogP contribution in [0.2, 0.25) is 5.02 Å². The quantitative estimate of drug-likeness (QED) is 0.773. The van der Waals surface area contributed by atoms with Crippen molar-refractivity contribution in [1.82, 2.24) is 0 Å². The van der Waals surface area contributed by atoms with Crippen molar-refractivity contribution in [1.29, 1.82) is 0 Å². The third-order valence-electron chi connectivity index (χ3n) is 3.22. The minimum Gasteiger partial charge on any atom is -0.485 e. The molecular weight excluding hydrogens is 272 g/mol. The monoisotopic (exact) mass is 288 g/mol. The SMILES string of the molecule is Cc1ccccc1C(=O)COc1c(C)cc(Cl)cc1C. The smallest absolute Gasteiger partial charge is 0.200 e. The molecule has 2 rings (SSSR count). The van der Waals surface area contributed by atoms with Crippen LogP contribution >= 0.6 is 11.6 Å². The predicted molar refractivity (Wildman–Crippen MR) is 81.9 cm³/mol. The highest BCUT2D eigenvalue weighted by Gasteiger charge is 2.12. The second-order valence-corrected chi connectivity index (χ2v) is 5.33. The molecule has 0 aliphatic rings. The highest BCUT2D eigenvalue weighted by atomic mass is 35.5. The molecule has 2 aromatic rings. The first-order chi connectivity index (χ1) is 9.49. The van der Waals surface area contributed by atoms with Gasteiger partial charge in [0.25, 0.3) is 0 Å². The molecular formula is C17H17ClO2. The van der Waals surface area contributed by atoms with Crippen LogP contribution in [0, 0.1) is 20.8 Å². The second kappa shape index (κ2) is 6.10. The standard InChI is InChI=1S/C17H17ClO2/c1-11-6-4-5-7-15(11)16(19)10-20-17-12(2)8-14(18)9-13(17)3/h4-9H,10H2,1-3H3. The lowest BCUT2D eigenvalue weighted by atomic mass is 10.1. The lowest BCUT2D eigenvalue weighted by Crippen LogP contribution is -2.13. The topological polar surface area (TPSA) is 26.3 Å². The maximum absolute atomic E-state index is 12.2. The van der Waals surface area contributed by atoms with E-state index >= 15 is 0 Å². The number of Topliss-reactive ketones (excluding diaryl/α,β-unsaturated/α-hetero) is 1. The van der Waals surface area contributed by atoms with E-state index < -0.39 is 0 Å². The minimum absolute atomic E-state index is 0.0168. The Balaban J connectivity index is 2.14. The Morgan fingerprint density at radius 3 is 2.25 bits per heavy atom. The van der Waals surface area contributed by atoms with Crippen LogP contribution in [0.5, 0.6) is 5.75 Å². The van der Waals surface area contributed by atoms with Gasteiger partial charge in [0.1, 0.15) is 5.75 Å². The number of hydrogen-bond donors (Lipinski definition) is 0. The maximum Gasteiger partial charge on any atom is 0.200 e. The summed E-state index contributed by atoms with van der Waals surface area (Å²) in [4.78, 5) is 12.2. The van der Waals surface area contributed by atoms with E-state index in [-0.39, 0.29) is 12.4 Å². The molecule has 20 heavy (non-hydrogen) atoms. The molecule has 0 fully saturated rings. The highest BCUT2D eigenvalue weighted by molar-refractivity contribution is 6.30. The van der Waals surface area contributed by atoms with E-state index in [0.29, 0.717) is 10.6 Å². The van der Waals surface area contributed by atoms with E-state index in [4.69, 9.17) is 16.3 Å². The molecule has 0 aliphatic carbocycles. The number of benzene rings is 2. The Morgan fingerprint density at radius 1 is 1.05 bits per heavy atom. The average molecular weight is 289 g/mol. The number of carbonyl (C=O) groups is 1. The van der Waals surface area contributed by atoms with Crippen molar-refractivity contribution < 1.29 is 9.53 Å². The number of aryl methyl sites for hydroxylation is 3. The third-order valence-corrected chi connectivity index (χ3v) is 3.44. The van der Waals surface area contributed by atoms with E-state index in [1.54, 1.807) is 0 Å². The van der Waals surface area contributed by atoms with Crippen LogP contribution in [0.15, 0.2) is 36.4 Å². The van der Waals surface area contributed by atoms with Crippen molar-refractivity contribution >= 4 is 17.4 Å². The molecule has 0 saturated heterocycles. The average Bonchev–Trinajstić information content (AvgIpc) is 2.37. The van der Waals surface area contributed by atoms with Gasteiger partial charge in [-0.05, 0) is 49.6 Å². The van der Waals surface area contributed by atoms with Gasteiger partial charge >= 0.3 is 0 Å². The molecule has 104 valence electrons. The summed E-state index contributed by atoms with van der Waals surface area (Å²) in [5, 5.41) is 0.678. The van der Waals surface area contributed by atoms with Crippen molar-refractivity contribution in [2.75, 3.05) is 6.61 Å².